The summed E-state index contributed by atoms with van der Waals surface area (Å²) in [5.74, 6) is 0.240. The van der Waals surface area contributed by atoms with E-state index in [0.29, 0.717) is 27.7 Å². The number of hydrogen-bond donors (Lipinski definition) is 2. The van der Waals surface area contributed by atoms with Crippen LogP contribution in [0.15, 0.2) is 42.5 Å². The van der Waals surface area contributed by atoms with Crippen molar-refractivity contribution >= 4 is 33.0 Å². The first-order valence-electron chi connectivity index (χ1n) is 6.08. The summed E-state index contributed by atoms with van der Waals surface area (Å²) in [7, 11) is -2.08. The molecule has 2 rings (SSSR count). The SMILES string of the molecule is COc1cc(NS(=O)(=O)Cc2cccc(N)c2)ccc1Cl. The number of methoxy groups -OCH3 is 1. The zero-order chi connectivity index (χ0) is 15.5. The molecule has 0 heterocycles. The Morgan fingerprint density at radius 1 is 1.24 bits per heavy atom. The molecule has 2 aromatic carbocycles. The molecular weight excluding hydrogens is 312 g/mol. The third kappa shape index (κ3) is 4.27. The molecule has 0 radical (unpaired) electrons. The van der Waals surface area contributed by atoms with Crippen molar-refractivity contribution in [3.63, 3.8) is 0 Å². The molecule has 0 atom stereocenters. The molecular formula is C14H15ClN2O3S. The number of anilines is 2. The van der Waals surface area contributed by atoms with Gasteiger partial charge in [0.1, 0.15) is 5.75 Å². The molecule has 2 aromatic rings. The lowest BCUT2D eigenvalue weighted by Crippen LogP contribution is -2.15. The molecule has 3 N–H and O–H groups in total. The lowest BCUT2D eigenvalue weighted by Gasteiger charge is -2.10. The zero-order valence-electron chi connectivity index (χ0n) is 11.3. The lowest BCUT2D eigenvalue weighted by atomic mass is 10.2. The van der Waals surface area contributed by atoms with Gasteiger partial charge in [-0.15, -0.1) is 0 Å². The number of nitrogens with two attached hydrogens (primary N) is 1. The monoisotopic (exact) mass is 326 g/mol. The topological polar surface area (TPSA) is 81.4 Å². The molecule has 0 saturated carbocycles. The molecule has 0 bridgehead atoms. The van der Waals surface area contributed by atoms with Gasteiger partial charge in [0.15, 0.2) is 0 Å². The van der Waals surface area contributed by atoms with E-state index in [1.54, 1.807) is 36.4 Å². The molecule has 0 aliphatic rings. The number of nitrogen functional groups attached to an aromatic ring is 1. The molecule has 0 aliphatic carbocycles. The Morgan fingerprint density at radius 3 is 2.67 bits per heavy atom. The van der Waals surface area contributed by atoms with Crippen molar-refractivity contribution in [2.24, 2.45) is 0 Å². The molecule has 112 valence electrons. The first kappa shape index (κ1) is 15.5. The van der Waals surface area contributed by atoms with Crippen LogP contribution in [0.4, 0.5) is 11.4 Å². The first-order chi connectivity index (χ1) is 9.89. The standard InChI is InChI=1S/C14H15ClN2O3S/c1-20-14-8-12(5-6-13(14)15)17-21(18,19)9-10-3-2-4-11(16)7-10/h2-8,17H,9,16H2,1H3. The fourth-order valence-electron chi connectivity index (χ4n) is 1.84. The molecule has 0 aromatic heterocycles. The number of benzene rings is 2. The van der Waals surface area contributed by atoms with Gasteiger partial charge in [0, 0.05) is 11.8 Å². The van der Waals surface area contributed by atoms with Crippen LogP contribution in [0.3, 0.4) is 0 Å². The minimum absolute atomic E-state index is 0.164. The summed E-state index contributed by atoms with van der Waals surface area (Å²) in [4.78, 5) is 0. The van der Waals surface area contributed by atoms with Gasteiger partial charge < -0.3 is 10.5 Å². The summed E-state index contributed by atoms with van der Waals surface area (Å²) in [6.45, 7) is 0. The van der Waals surface area contributed by atoms with Gasteiger partial charge in [-0.25, -0.2) is 8.42 Å². The number of halogens is 1. The Balaban J connectivity index is 2.17. The van der Waals surface area contributed by atoms with Crippen LogP contribution in [-0.4, -0.2) is 15.5 Å². The van der Waals surface area contributed by atoms with Crippen molar-refractivity contribution in [3.05, 3.63) is 53.1 Å². The van der Waals surface area contributed by atoms with Crippen molar-refractivity contribution in [1.82, 2.24) is 0 Å². The second-order valence-corrected chi connectivity index (χ2v) is 6.59. The van der Waals surface area contributed by atoms with E-state index >= 15 is 0 Å². The number of sulfonamides is 1. The third-order valence-electron chi connectivity index (χ3n) is 2.73. The second kappa shape index (κ2) is 6.24. The fourth-order valence-corrected chi connectivity index (χ4v) is 3.21. The van der Waals surface area contributed by atoms with Gasteiger partial charge in [-0.3, -0.25) is 4.72 Å². The van der Waals surface area contributed by atoms with Crippen LogP contribution in [-0.2, 0) is 15.8 Å². The van der Waals surface area contributed by atoms with Gasteiger partial charge in [0.25, 0.3) is 0 Å². The predicted molar refractivity (Wildman–Crippen MR) is 85.1 cm³/mol. The van der Waals surface area contributed by atoms with Crippen molar-refractivity contribution < 1.29 is 13.2 Å². The molecule has 0 saturated heterocycles. The average molecular weight is 327 g/mol. The van der Waals surface area contributed by atoms with E-state index in [9.17, 15) is 8.42 Å². The Labute approximate surface area is 128 Å². The Bertz CT molecular complexity index is 748. The number of rotatable bonds is 5. The minimum atomic E-state index is -3.55. The van der Waals surface area contributed by atoms with Gasteiger partial charge in [-0.05, 0) is 29.8 Å². The summed E-state index contributed by atoms with van der Waals surface area (Å²) < 4.78 is 31.8. The average Bonchev–Trinajstić information content (AvgIpc) is 2.40. The maximum absolute atomic E-state index is 12.1. The van der Waals surface area contributed by atoms with Crippen LogP contribution >= 0.6 is 11.6 Å². The van der Waals surface area contributed by atoms with Gasteiger partial charge in [0.2, 0.25) is 10.0 Å². The largest absolute Gasteiger partial charge is 0.495 e. The van der Waals surface area contributed by atoms with E-state index in [-0.39, 0.29) is 5.75 Å². The normalized spacial score (nSPS) is 11.1. The third-order valence-corrected chi connectivity index (χ3v) is 4.30. The predicted octanol–water partition coefficient (Wildman–Crippen LogP) is 2.87. The van der Waals surface area contributed by atoms with E-state index in [1.165, 1.54) is 13.2 Å². The summed E-state index contributed by atoms with van der Waals surface area (Å²) >= 11 is 5.90. The Hall–Kier alpha value is -1.92. The molecule has 0 unspecified atom stereocenters. The smallest absolute Gasteiger partial charge is 0.236 e. The number of nitrogens with one attached hydrogen (secondary N) is 1. The van der Waals surface area contributed by atoms with Gasteiger partial charge in [-0.2, -0.15) is 0 Å². The van der Waals surface area contributed by atoms with Crippen molar-refractivity contribution in [2.75, 3.05) is 17.6 Å². The van der Waals surface area contributed by atoms with Crippen molar-refractivity contribution in [1.29, 1.82) is 0 Å². The highest BCUT2D eigenvalue weighted by atomic mass is 35.5. The quantitative estimate of drug-likeness (QED) is 0.828. The van der Waals surface area contributed by atoms with Crippen LogP contribution in [0.2, 0.25) is 5.02 Å². The van der Waals surface area contributed by atoms with Crippen molar-refractivity contribution in [3.8, 4) is 5.75 Å². The molecule has 5 nitrogen and oxygen atoms in total. The molecule has 21 heavy (non-hydrogen) atoms. The van der Waals surface area contributed by atoms with Crippen LogP contribution in [0, 0.1) is 0 Å². The molecule has 0 aliphatic heterocycles. The highest BCUT2D eigenvalue weighted by Gasteiger charge is 2.13. The van der Waals surface area contributed by atoms with Gasteiger partial charge in [0.05, 0.1) is 23.6 Å². The summed E-state index contributed by atoms with van der Waals surface area (Å²) in [6, 6.07) is 11.4. The van der Waals surface area contributed by atoms with E-state index < -0.39 is 10.0 Å². The first-order valence-corrected chi connectivity index (χ1v) is 8.11. The van der Waals surface area contributed by atoms with Crippen LogP contribution in [0.1, 0.15) is 5.56 Å². The highest BCUT2D eigenvalue weighted by Crippen LogP contribution is 2.28. The Morgan fingerprint density at radius 2 is 2.00 bits per heavy atom. The van der Waals surface area contributed by atoms with Crippen molar-refractivity contribution in [2.45, 2.75) is 5.75 Å². The van der Waals surface area contributed by atoms with E-state index in [1.807, 2.05) is 0 Å². The molecule has 7 heteroatoms. The van der Waals surface area contributed by atoms with E-state index in [2.05, 4.69) is 4.72 Å². The lowest BCUT2D eigenvalue weighted by molar-refractivity contribution is 0.415. The zero-order valence-corrected chi connectivity index (χ0v) is 12.9. The number of ether oxygens (including phenoxy) is 1. The summed E-state index contributed by atoms with van der Waals surface area (Å²) in [5.41, 5.74) is 7.17. The fraction of sp³-hybridized carbons (Fsp3) is 0.143. The summed E-state index contributed by atoms with van der Waals surface area (Å²) in [5, 5.41) is 0.413. The molecule has 0 amide bonds. The van der Waals surface area contributed by atoms with Gasteiger partial charge >= 0.3 is 0 Å². The van der Waals surface area contributed by atoms with Crippen LogP contribution in [0.25, 0.3) is 0 Å². The maximum atomic E-state index is 12.1. The van der Waals surface area contributed by atoms with Gasteiger partial charge in [-0.1, -0.05) is 23.7 Å². The Kier molecular flexibility index (Phi) is 4.59. The van der Waals surface area contributed by atoms with Crippen LogP contribution in [0.5, 0.6) is 5.75 Å². The van der Waals surface area contributed by atoms with E-state index in [4.69, 9.17) is 22.1 Å². The minimum Gasteiger partial charge on any atom is -0.495 e. The maximum Gasteiger partial charge on any atom is 0.236 e. The highest BCUT2D eigenvalue weighted by molar-refractivity contribution is 7.91. The molecule has 0 spiro atoms. The van der Waals surface area contributed by atoms with E-state index in [0.717, 1.165) is 0 Å². The second-order valence-electron chi connectivity index (χ2n) is 4.46. The molecule has 0 fully saturated rings. The summed E-state index contributed by atoms with van der Waals surface area (Å²) in [6.07, 6.45) is 0. The van der Waals surface area contributed by atoms with Crippen LogP contribution < -0.4 is 15.2 Å². The number of hydrogen-bond acceptors (Lipinski definition) is 4.